The summed E-state index contributed by atoms with van der Waals surface area (Å²) in [6, 6.07) is 17.8. The van der Waals surface area contributed by atoms with Gasteiger partial charge in [0.15, 0.2) is 0 Å². The summed E-state index contributed by atoms with van der Waals surface area (Å²) >= 11 is 0. The predicted octanol–water partition coefficient (Wildman–Crippen LogP) is 3.47. The predicted molar refractivity (Wildman–Crippen MR) is 151 cm³/mol. The van der Waals surface area contributed by atoms with Crippen LogP contribution in [0.4, 0.5) is 5.69 Å². The van der Waals surface area contributed by atoms with Crippen molar-refractivity contribution in [2.75, 3.05) is 11.4 Å². The van der Waals surface area contributed by atoms with Gasteiger partial charge in [-0.25, -0.2) is 4.68 Å². The Morgan fingerprint density at radius 1 is 1.00 bits per heavy atom. The van der Waals surface area contributed by atoms with Crippen molar-refractivity contribution in [3.8, 4) is 5.69 Å². The third-order valence-corrected chi connectivity index (χ3v) is 7.79. The van der Waals surface area contributed by atoms with E-state index in [0.29, 0.717) is 16.9 Å². The zero-order valence-corrected chi connectivity index (χ0v) is 23.1. The monoisotopic (exact) mass is 531 g/mol. The molecule has 1 atom stereocenters. The number of anilines is 1. The summed E-state index contributed by atoms with van der Waals surface area (Å²) in [4.78, 5) is 55.8. The number of rotatable bonds is 9. The fourth-order valence-electron chi connectivity index (χ4n) is 5.22. The van der Waals surface area contributed by atoms with Gasteiger partial charge < -0.3 is 10.6 Å². The molecule has 3 aromatic rings. The molecule has 0 bridgehead atoms. The Labute approximate surface area is 228 Å². The summed E-state index contributed by atoms with van der Waals surface area (Å²) in [5.41, 5.74) is -0.0886. The zero-order valence-electron chi connectivity index (χ0n) is 23.1. The highest BCUT2D eigenvalue weighted by Gasteiger charge is 2.45. The Bertz CT molecular complexity index is 1390. The fourth-order valence-corrected chi connectivity index (χ4v) is 5.22. The van der Waals surface area contributed by atoms with Gasteiger partial charge in [-0.2, -0.15) is 0 Å². The molecule has 1 aliphatic carbocycles. The van der Waals surface area contributed by atoms with Crippen molar-refractivity contribution >= 4 is 23.4 Å². The largest absolute Gasteiger partial charge is 0.351 e. The average Bonchev–Trinajstić information content (AvgIpc) is 3.54. The third kappa shape index (κ3) is 5.53. The number of aromatic nitrogens is 2. The molecule has 0 spiro atoms. The Kier molecular flexibility index (Phi) is 8.38. The van der Waals surface area contributed by atoms with Gasteiger partial charge >= 0.3 is 0 Å². The summed E-state index contributed by atoms with van der Waals surface area (Å²) in [6.45, 7) is 4.89. The first-order valence-corrected chi connectivity index (χ1v) is 13.5. The van der Waals surface area contributed by atoms with E-state index in [1.165, 1.54) is 9.58 Å². The molecule has 4 rings (SSSR count). The lowest BCUT2D eigenvalue weighted by atomic mass is 9.93. The normalized spacial score (nSPS) is 15.0. The van der Waals surface area contributed by atoms with Crippen LogP contribution >= 0.6 is 0 Å². The van der Waals surface area contributed by atoms with Crippen molar-refractivity contribution in [3.05, 3.63) is 82.3 Å². The van der Waals surface area contributed by atoms with Crippen LogP contribution in [0.5, 0.6) is 0 Å². The second-order valence-electron chi connectivity index (χ2n) is 10.3. The maximum absolute atomic E-state index is 14.0. The van der Waals surface area contributed by atoms with E-state index in [9.17, 15) is 19.2 Å². The molecule has 1 aliphatic rings. The van der Waals surface area contributed by atoms with Gasteiger partial charge in [-0.3, -0.25) is 28.8 Å². The molecule has 3 amide bonds. The lowest BCUT2D eigenvalue weighted by Gasteiger charge is -2.39. The molecule has 1 fully saturated rings. The van der Waals surface area contributed by atoms with Crippen LogP contribution in [-0.4, -0.2) is 45.2 Å². The molecule has 2 aromatic carbocycles. The number of carbonyl (C=O) groups is 3. The Hall–Kier alpha value is -4.14. The molecular formula is C30H37N5O4. The summed E-state index contributed by atoms with van der Waals surface area (Å²) in [5.74, 6) is -1.27. The minimum atomic E-state index is -1.36. The topological polar surface area (TPSA) is 105 Å². The molecule has 0 unspecified atom stereocenters. The highest BCUT2D eigenvalue weighted by atomic mass is 16.2. The maximum atomic E-state index is 14.0. The van der Waals surface area contributed by atoms with Gasteiger partial charge in [-0.05, 0) is 57.4 Å². The molecule has 2 N–H and O–H groups in total. The van der Waals surface area contributed by atoms with Crippen LogP contribution in [0.1, 0.15) is 62.0 Å². The van der Waals surface area contributed by atoms with Crippen LogP contribution in [0.25, 0.3) is 5.69 Å². The van der Waals surface area contributed by atoms with Gasteiger partial charge in [-0.15, -0.1) is 0 Å². The number of nitrogens with zero attached hydrogens (tertiary/aromatic N) is 3. The summed E-state index contributed by atoms with van der Waals surface area (Å²) in [6.07, 6.45) is 4.13. The second kappa shape index (κ2) is 11.7. The van der Waals surface area contributed by atoms with Crippen LogP contribution in [0.3, 0.4) is 0 Å². The molecule has 9 heteroatoms. The molecular weight excluding hydrogens is 494 g/mol. The number of hydrogen-bond donors (Lipinski definition) is 2. The smallest absolute Gasteiger partial charge is 0.295 e. The van der Waals surface area contributed by atoms with Gasteiger partial charge in [0, 0.05) is 18.7 Å². The van der Waals surface area contributed by atoms with Crippen molar-refractivity contribution in [2.24, 2.45) is 7.05 Å². The van der Waals surface area contributed by atoms with E-state index in [-0.39, 0.29) is 30.6 Å². The zero-order chi connectivity index (χ0) is 28.2. The van der Waals surface area contributed by atoms with Crippen molar-refractivity contribution in [1.82, 2.24) is 20.0 Å². The van der Waals surface area contributed by atoms with Crippen molar-refractivity contribution in [1.29, 1.82) is 0 Å². The van der Waals surface area contributed by atoms with E-state index >= 15 is 0 Å². The molecule has 206 valence electrons. The minimum absolute atomic E-state index is 0.0379. The number of para-hydroxylation sites is 1. The Morgan fingerprint density at radius 3 is 2.18 bits per heavy atom. The van der Waals surface area contributed by atoms with Gasteiger partial charge in [0.1, 0.15) is 11.2 Å². The minimum Gasteiger partial charge on any atom is -0.351 e. The Balaban J connectivity index is 1.76. The third-order valence-electron chi connectivity index (χ3n) is 7.79. The molecule has 1 aromatic heterocycles. The van der Waals surface area contributed by atoms with Crippen LogP contribution in [0, 0.1) is 6.92 Å². The van der Waals surface area contributed by atoms with Crippen molar-refractivity contribution < 1.29 is 14.4 Å². The van der Waals surface area contributed by atoms with E-state index in [2.05, 4.69) is 10.6 Å². The van der Waals surface area contributed by atoms with E-state index in [4.69, 9.17) is 0 Å². The summed E-state index contributed by atoms with van der Waals surface area (Å²) in [7, 11) is 1.74. The van der Waals surface area contributed by atoms with Gasteiger partial charge in [-0.1, -0.05) is 56.2 Å². The fraction of sp³-hybridized carbons (Fsp3) is 0.400. The van der Waals surface area contributed by atoms with Crippen molar-refractivity contribution in [3.63, 3.8) is 0 Å². The SMILES string of the molecule is CC[C@@](C)(C(=O)NC1CCCC1)N(C(=O)CNC(=O)c1ccccc1)c1c(C)n(C)n(-c2ccccc2)c1=O. The molecule has 0 saturated heterocycles. The van der Waals surface area contributed by atoms with E-state index in [0.717, 1.165) is 25.7 Å². The van der Waals surface area contributed by atoms with Crippen LogP contribution in [0.2, 0.25) is 0 Å². The number of amides is 3. The first-order valence-electron chi connectivity index (χ1n) is 13.5. The number of carbonyl (C=O) groups excluding carboxylic acids is 3. The molecule has 9 nitrogen and oxygen atoms in total. The lowest BCUT2D eigenvalue weighted by Crippen LogP contribution is -2.62. The lowest BCUT2D eigenvalue weighted by molar-refractivity contribution is -0.130. The van der Waals surface area contributed by atoms with Gasteiger partial charge in [0.05, 0.1) is 17.9 Å². The first kappa shape index (κ1) is 27.9. The van der Waals surface area contributed by atoms with Crippen molar-refractivity contribution in [2.45, 2.75) is 64.5 Å². The number of nitrogens with one attached hydrogen (secondary N) is 2. The average molecular weight is 532 g/mol. The van der Waals surface area contributed by atoms with Gasteiger partial charge in [0.2, 0.25) is 11.8 Å². The first-order chi connectivity index (χ1) is 18.7. The molecule has 1 saturated carbocycles. The van der Waals surface area contributed by atoms with E-state index < -0.39 is 22.9 Å². The van der Waals surface area contributed by atoms with Gasteiger partial charge in [0.25, 0.3) is 11.5 Å². The Morgan fingerprint density at radius 2 is 1.59 bits per heavy atom. The quantitative estimate of drug-likeness (QED) is 0.441. The highest BCUT2D eigenvalue weighted by molar-refractivity contribution is 6.06. The molecule has 39 heavy (non-hydrogen) atoms. The highest BCUT2D eigenvalue weighted by Crippen LogP contribution is 2.30. The summed E-state index contributed by atoms with van der Waals surface area (Å²) < 4.78 is 3.17. The maximum Gasteiger partial charge on any atom is 0.295 e. The second-order valence-corrected chi connectivity index (χ2v) is 10.3. The standard InChI is InChI=1S/C30H37N5O4/c1-5-30(3,29(39)32-23-16-12-13-17-23)34(25(36)20-31-27(37)22-14-8-6-9-15-22)26-21(2)33(4)35(28(26)38)24-18-10-7-11-19-24/h6-11,14-15,18-19,23H,5,12-13,16-17,20H2,1-4H3,(H,31,37)(H,32,39)/t30-/m0/s1. The summed E-state index contributed by atoms with van der Waals surface area (Å²) in [5, 5.41) is 5.79. The van der Waals surface area contributed by atoms with Crippen LogP contribution < -0.4 is 21.1 Å². The molecule has 0 aliphatic heterocycles. The van der Waals surface area contributed by atoms with Crippen LogP contribution in [-0.2, 0) is 16.6 Å². The van der Waals surface area contributed by atoms with E-state index in [1.807, 2.05) is 37.3 Å². The number of benzene rings is 2. The molecule has 0 radical (unpaired) electrons. The van der Waals surface area contributed by atoms with Crippen LogP contribution in [0.15, 0.2) is 65.5 Å². The number of hydrogen-bond acceptors (Lipinski definition) is 4. The van der Waals surface area contributed by atoms with E-state index in [1.54, 1.807) is 55.9 Å². The molecule has 1 heterocycles.